The average Bonchev–Trinajstić information content (AvgIpc) is 2.59. The molecule has 0 saturated heterocycles. The lowest BCUT2D eigenvalue weighted by atomic mass is 10.2. The Morgan fingerprint density at radius 2 is 1.61 bits per heavy atom. The Hall–Kier alpha value is -2.16. The van der Waals surface area contributed by atoms with Crippen LogP contribution >= 0.6 is 23.2 Å². The summed E-state index contributed by atoms with van der Waals surface area (Å²) in [6, 6.07) is 8.06. The van der Waals surface area contributed by atoms with Crippen LogP contribution in [0.2, 0.25) is 10.0 Å². The summed E-state index contributed by atoms with van der Waals surface area (Å²) in [7, 11) is -0.885. The normalized spacial score (nSPS) is 12.2. The predicted molar refractivity (Wildman–Crippen MR) is 111 cm³/mol. The van der Waals surface area contributed by atoms with Crippen LogP contribution in [0.1, 0.15) is 6.92 Å². The highest BCUT2D eigenvalue weighted by atomic mass is 35.5. The second-order valence-corrected chi connectivity index (χ2v) is 8.65. The van der Waals surface area contributed by atoms with E-state index in [4.69, 9.17) is 32.7 Å². The zero-order chi connectivity index (χ0) is 21.1. The highest BCUT2D eigenvalue weighted by Crippen LogP contribution is 2.33. The maximum absolute atomic E-state index is 12.7. The number of nitrogens with one attached hydrogen (secondary N) is 1. The van der Waals surface area contributed by atoms with Crippen molar-refractivity contribution < 1.29 is 22.7 Å². The van der Waals surface area contributed by atoms with E-state index in [2.05, 4.69) is 5.32 Å². The summed E-state index contributed by atoms with van der Waals surface area (Å²) in [6.07, 6.45) is 1.02. The van der Waals surface area contributed by atoms with Crippen LogP contribution in [0, 0.1) is 0 Å². The van der Waals surface area contributed by atoms with E-state index in [1.165, 1.54) is 51.5 Å². The lowest BCUT2D eigenvalue weighted by molar-refractivity contribution is -0.116. The van der Waals surface area contributed by atoms with E-state index in [1.807, 2.05) is 0 Å². The van der Waals surface area contributed by atoms with Gasteiger partial charge in [-0.05, 0) is 37.3 Å². The number of anilines is 2. The Morgan fingerprint density at radius 3 is 2.11 bits per heavy atom. The van der Waals surface area contributed by atoms with Crippen molar-refractivity contribution in [2.24, 2.45) is 0 Å². The first kappa shape index (κ1) is 22.1. The summed E-state index contributed by atoms with van der Waals surface area (Å²) in [5, 5.41) is 3.31. The van der Waals surface area contributed by atoms with Gasteiger partial charge in [0.25, 0.3) is 0 Å². The van der Waals surface area contributed by atoms with E-state index in [1.54, 1.807) is 6.07 Å². The zero-order valence-electron chi connectivity index (χ0n) is 15.7. The standard InChI is InChI=1S/C18H20Cl2N2O5S/c1-11(18(23)21-14-8-12(19)7-13(20)9-14)22(28(4,24)25)15-5-6-16(26-2)17(10-15)27-3/h5-11H,1-4H3,(H,21,23). The second-order valence-electron chi connectivity index (χ2n) is 5.92. The minimum absolute atomic E-state index is 0.256. The number of hydrogen-bond donors (Lipinski definition) is 1. The van der Waals surface area contributed by atoms with Gasteiger partial charge in [0.2, 0.25) is 15.9 Å². The monoisotopic (exact) mass is 446 g/mol. The molecular formula is C18H20Cl2N2O5S. The molecule has 0 fully saturated rings. The van der Waals surface area contributed by atoms with Crippen molar-refractivity contribution in [2.75, 3.05) is 30.1 Å². The Balaban J connectivity index is 2.38. The molecule has 2 rings (SSSR count). The number of carbonyl (C=O) groups is 1. The number of nitrogens with zero attached hydrogens (tertiary/aromatic N) is 1. The summed E-state index contributed by atoms with van der Waals surface area (Å²) in [5.41, 5.74) is 0.613. The molecule has 0 spiro atoms. The lowest BCUT2D eigenvalue weighted by Gasteiger charge is -2.28. The Morgan fingerprint density at radius 1 is 1.04 bits per heavy atom. The van der Waals surface area contributed by atoms with Crippen LogP contribution in [-0.2, 0) is 14.8 Å². The molecular weight excluding hydrogens is 427 g/mol. The first-order chi connectivity index (χ1) is 13.1. The third-order valence-corrected chi connectivity index (χ3v) is 5.52. The Bertz CT molecular complexity index is 962. The van der Waals surface area contributed by atoms with E-state index in [-0.39, 0.29) is 5.69 Å². The van der Waals surface area contributed by atoms with E-state index in [9.17, 15) is 13.2 Å². The van der Waals surface area contributed by atoms with Gasteiger partial charge in [0.05, 0.1) is 26.2 Å². The summed E-state index contributed by atoms with van der Waals surface area (Å²) in [6.45, 7) is 1.47. The summed E-state index contributed by atoms with van der Waals surface area (Å²) in [5.74, 6) is 0.215. The highest BCUT2D eigenvalue weighted by molar-refractivity contribution is 7.92. The number of sulfonamides is 1. The van der Waals surface area contributed by atoms with Gasteiger partial charge in [-0.25, -0.2) is 8.42 Å². The van der Waals surface area contributed by atoms with Gasteiger partial charge in [0.15, 0.2) is 11.5 Å². The lowest BCUT2D eigenvalue weighted by Crippen LogP contribution is -2.45. The Labute approximate surface area is 174 Å². The van der Waals surface area contributed by atoms with Crippen molar-refractivity contribution >= 4 is 50.5 Å². The van der Waals surface area contributed by atoms with Crippen LogP contribution in [0.4, 0.5) is 11.4 Å². The van der Waals surface area contributed by atoms with Gasteiger partial charge in [-0.1, -0.05) is 23.2 Å². The van der Waals surface area contributed by atoms with Gasteiger partial charge in [-0.3, -0.25) is 9.10 Å². The van der Waals surface area contributed by atoms with E-state index >= 15 is 0 Å². The van der Waals surface area contributed by atoms with Crippen LogP contribution in [0.5, 0.6) is 11.5 Å². The number of ether oxygens (including phenoxy) is 2. The SMILES string of the molecule is COc1ccc(N(C(C)C(=O)Nc2cc(Cl)cc(Cl)c2)S(C)(=O)=O)cc1OC. The number of hydrogen-bond acceptors (Lipinski definition) is 5. The molecule has 1 unspecified atom stereocenters. The fourth-order valence-corrected chi connectivity index (χ4v) is 4.34. The van der Waals surface area contributed by atoms with Gasteiger partial charge in [-0.15, -0.1) is 0 Å². The van der Waals surface area contributed by atoms with Gasteiger partial charge >= 0.3 is 0 Å². The van der Waals surface area contributed by atoms with Gasteiger partial charge in [-0.2, -0.15) is 0 Å². The number of amides is 1. The van der Waals surface area contributed by atoms with Crippen LogP contribution in [0.3, 0.4) is 0 Å². The fourth-order valence-electron chi connectivity index (χ4n) is 2.64. The molecule has 0 aliphatic heterocycles. The fraction of sp³-hybridized carbons (Fsp3) is 0.278. The Kier molecular flexibility index (Phi) is 7.03. The summed E-state index contributed by atoms with van der Waals surface area (Å²) in [4.78, 5) is 12.7. The third-order valence-electron chi connectivity index (χ3n) is 3.84. The van der Waals surface area contributed by atoms with Crippen molar-refractivity contribution in [1.29, 1.82) is 0 Å². The molecule has 10 heteroatoms. The summed E-state index contributed by atoms with van der Waals surface area (Å²) < 4.78 is 36.2. The van der Waals surface area contributed by atoms with E-state index in [0.717, 1.165) is 10.6 Å². The molecule has 0 saturated carbocycles. The number of halogens is 2. The maximum Gasteiger partial charge on any atom is 0.247 e. The average molecular weight is 447 g/mol. The van der Waals surface area contributed by atoms with Crippen LogP contribution in [-0.4, -0.2) is 40.8 Å². The topological polar surface area (TPSA) is 84.9 Å². The molecule has 1 amide bonds. The van der Waals surface area contributed by atoms with Gasteiger partial charge < -0.3 is 14.8 Å². The molecule has 0 heterocycles. The predicted octanol–water partition coefficient (Wildman–Crippen LogP) is 3.80. The summed E-state index contributed by atoms with van der Waals surface area (Å²) >= 11 is 11.9. The van der Waals surface area contributed by atoms with Crippen molar-refractivity contribution in [1.82, 2.24) is 0 Å². The molecule has 1 N–H and O–H groups in total. The zero-order valence-corrected chi connectivity index (χ0v) is 18.0. The van der Waals surface area contributed by atoms with Crippen LogP contribution in [0.25, 0.3) is 0 Å². The third kappa shape index (κ3) is 5.21. The number of rotatable bonds is 7. The minimum Gasteiger partial charge on any atom is -0.493 e. The van der Waals surface area contributed by atoms with E-state index < -0.39 is 22.0 Å². The largest absolute Gasteiger partial charge is 0.493 e. The maximum atomic E-state index is 12.7. The van der Waals surface area contributed by atoms with Gasteiger partial charge in [0.1, 0.15) is 6.04 Å². The van der Waals surface area contributed by atoms with Gasteiger partial charge in [0, 0.05) is 21.8 Å². The first-order valence-electron chi connectivity index (χ1n) is 8.05. The molecule has 0 bridgehead atoms. The number of methoxy groups -OCH3 is 2. The van der Waals surface area contributed by atoms with Crippen LogP contribution < -0.4 is 19.1 Å². The molecule has 1 atom stereocenters. The quantitative estimate of drug-likeness (QED) is 0.698. The molecule has 0 aromatic heterocycles. The van der Waals surface area contributed by atoms with E-state index in [0.29, 0.717) is 27.2 Å². The van der Waals surface area contributed by atoms with Crippen molar-refractivity contribution in [3.05, 3.63) is 46.4 Å². The molecule has 2 aromatic rings. The second kappa shape index (κ2) is 8.89. The molecule has 28 heavy (non-hydrogen) atoms. The first-order valence-corrected chi connectivity index (χ1v) is 10.7. The molecule has 152 valence electrons. The van der Waals surface area contributed by atoms with Crippen molar-refractivity contribution in [2.45, 2.75) is 13.0 Å². The smallest absolute Gasteiger partial charge is 0.247 e. The molecule has 2 aromatic carbocycles. The minimum atomic E-state index is -3.79. The highest BCUT2D eigenvalue weighted by Gasteiger charge is 2.30. The molecule has 7 nitrogen and oxygen atoms in total. The number of carbonyl (C=O) groups excluding carboxylic acids is 1. The molecule has 0 aliphatic rings. The van der Waals surface area contributed by atoms with Crippen LogP contribution in [0.15, 0.2) is 36.4 Å². The number of benzene rings is 2. The molecule has 0 aliphatic carbocycles. The van der Waals surface area contributed by atoms with Crippen molar-refractivity contribution in [3.8, 4) is 11.5 Å². The van der Waals surface area contributed by atoms with Crippen molar-refractivity contribution in [3.63, 3.8) is 0 Å². The molecule has 0 radical (unpaired) electrons.